The van der Waals surface area contributed by atoms with Gasteiger partial charge in [-0.25, -0.2) is 9.18 Å². The molecule has 3 aromatic rings. The molecule has 3 rings (SSSR count). The lowest BCUT2D eigenvalue weighted by atomic mass is 10.0. The molecular formula is C18H18FN5OS. The predicted molar refractivity (Wildman–Crippen MR) is 101 cm³/mol. The van der Waals surface area contributed by atoms with E-state index in [-0.39, 0.29) is 5.82 Å². The van der Waals surface area contributed by atoms with Crippen molar-refractivity contribution in [2.24, 2.45) is 5.92 Å². The zero-order valence-electron chi connectivity index (χ0n) is 14.4. The summed E-state index contributed by atoms with van der Waals surface area (Å²) in [6.45, 7) is 4.06. The Morgan fingerprint density at radius 1 is 1.15 bits per heavy atom. The van der Waals surface area contributed by atoms with Crippen molar-refractivity contribution >= 4 is 28.2 Å². The first-order chi connectivity index (χ1) is 12.5. The first-order valence-corrected chi connectivity index (χ1v) is 8.93. The molecule has 2 N–H and O–H groups in total. The molecule has 0 fully saturated rings. The highest BCUT2D eigenvalue weighted by Gasteiger charge is 2.11. The fourth-order valence-corrected chi connectivity index (χ4v) is 3.12. The summed E-state index contributed by atoms with van der Waals surface area (Å²) in [6, 6.07) is 7.82. The maximum atomic E-state index is 14.1. The second-order valence-electron chi connectivity index (χ2n) is 6.13. The largest absolute Gasteiger partial charge is 0.325 e. The van der Waals surface area contributed by atoms with Gasteiger partial charge in [0, 0.05) is 23.6 Å². The number of carbonyl (C=O) groups excluding carboxylic acids is 1. The van der Waals surface area contributed by atoms with Crippen LogP contribution in [0.4, 0.5) is 20.0 Å². The van der Waals surface area contributed by atoms with Gasteiger partial charge in [-0.05, 0) is 42.2 Å². The summed E-state index contributed by atoms with van der Waals surface area (Å²) in [5, 5.41) is 14.2. The molecule has 0 saturated carbocycles. The number of carbonyl (C=O) groups is 1. The average molecular weight is 371 g/mol. The van der Waals surface area contributed by atoms with Gasteiger partial charge < -0.3 is 5.32 Å². The minimum absolute atomic E-state index is 0.326. The molecule has 1 aromatic carbocycles. The molecule has 134 valence electrons. The Morgan fingerprint density at radius 2 is 1.92 bits per heavy atom. The van der Waals surface area contributed by atoms with Gasteiger partial charge in [0.15, 0.2) is 0 Å². The van der Waals surface area contributed by atoms with Gasteiger partial charge in [0.05, 0.1) is 0 Å². The molecule has 26 heavy (non-hydrogen) atoms. The summed E-state index contributed by atoms with van der Waals surface area (Å²) >= 11 is 1.24. The van der Waals surface area contributed by atoms with E-state index in [9.17, 15) is 9.18 Å². The van der Waals surface area contributed by atoms with Gasteiger partial charge >= 0.3 is 6.03 Å². The number of urea groups is 1. The lowest BCUT2D eigenvalue weighted by Gasteiger charge is -2.09. The molecule has 2 amide bonds. The van der Waals surface area contributed by atoms with Crippen LogP contribution in [0.3, 0.4) is 0 Å². The normalized spacial score (nSPS) is 10.8. The SMILES string of the molecule is CC(C)Cc1ccc(NC(=O)Nc2nnc(-c3ccncc3)s2)cc1F. The number of benzene rings is 1. The van der Waals surface area contributed by atoms with Crippen LogP contribution >= 0.6 is 11.3 Å². The van der Waals surface area contributed by atoms with Crippen LogP contribution in [0.5, 0.6) is 0 Å². The maximum Gasteiger partial charge on any atom is 0.325 e. The molecule has 0 radical (unpaired) electrons. The molecular weight excluding hydrogens is 353 g/mol. The van der Waals surface area contributed by atoms with E-state index in [4.69, 9.17) is 0 Å². The van der Waals surface area contributed by atoms with E-state index in [1.54, 1.807) is 24.5 Å². The van der Waals surface area contributed by atoms with Crippen molar-refractivity contribution in [1.82, 2.24) is 15.2 Å². The average Bonchev–Trinajstić information content (AvgIpc) is 3.06. The van der Waals surface area contributed by atoms with Crippen molar-refractivity contribution in [2.75, 3.05) is 10.6 Å². The third-order valence-electron chi connectivity index (χ3n) is 3.51. The summed E-state index contributed by atoms with van der Waals surface area (Å²) in [5.74, 6) is 0.0333. The Labute approximate surface area is 154 Å². The van der Waals surface area contributed by atoms with Gasteiger partial charge in [0.2, 0.25) is 5.13 Å². The third kappa shape index (κ3) is 4.60. The molecule has 0 saturated heterocycles. The fraction of sp³-hybridized carbons (Fsp3) is 0.222. The van der Waals surface area contributed by atoms with E-state index in [0.717, 1.165) is 5.56 Å². The van der Waals surface area contributed by atoms with Crippen molar-refractivity contribution in [3.05, 3.63) is 54.1 Å². The number of hydrogen-bond acceptors (Lipinski definition) is 5. The van der Waals surface area contributed by atoms with Gasteiger partial charge in [0.25, 0.3) is 0 Å². The zero-order chi connectivity index (χ0) is 18.5. The minimum Gasteiger partial charge on any atom is -0.308 e. The van der Waals surface area contributed by atoms with Gasteiger partial charge in [-0.1, -0.05) is 31.3 Å². The Bertz CT molecular complexity index is 898. The van der Waals surface area contributed by atoms with Gasteiger partial charge in [0.1, 0.15) is 10.8 Å². The Kier molecular flexibility index (Phi) is 5.52. The topological polar surface area (TPSA) is 79.8 Å². The number of rotatable bonds is 5. The van der Waals surface area contributed by atoms with Gasteiger partial charge in [-0.15, -0.1) is 10.2 Å². The first-order valence-electron chi connectivity index (χ1n) is 8.11. The minimum atomic E-state index is -0.501. The molecule has 0 aliphatic heterocycles. The lowest BCUT2D eigenvalue weighted by Crippen LogP contribution is -2.19. The smallest absolute Gasteiger partial charge is 0.308 e. The number of hydrogen-bond donors (Lipinski definition) is 2. The van der Waals surface area contributed by atoms with Crippen LogP contribution in [0.1, 0.15) is 19.4 Å². The molecule has 6 nitrogen and oxygen atoms in total. The number of nitrogens with one attached hydrogen (secondary N) is 2. The van der Waals surface area contributed by atoms with Gasteiger partial charge in [-0.3, -0.25) is 10.3 Å². The number of halogens is 1. The number of amides is 2. The summed E-state index contributed by atoms with van der Waals surface area (Å²) in [5.41, 5.74) is 1.89. The summed E-state index contributed by atoms with van der Waals surface area (Å²) in [4.78, 5) is 16.0. The number of anilines is 2. The van der Waals surface area contributed by atoms with Crippen LogP contribution in [-0.4, -0.2) is 21.2 Å². The van der Waals surface area contributed by atoms with Crippen LogP contribution in [0.15, 0.2) is 42.7 Å². The second-order valence-corrected chi connectivity index (χ2v) is 7.11. The van der Waals surface area contributed by atoms with Crippen LogP contribution < -0.4 is 10.6 Å². The van der Waals surface area contributed by atoms with Crippen molar-refractivity contribution in [2.45, 2.75) is 20.3 Å². The predicted octanol–water partition coefficient (Wildman–Crippen LogP) is 4.58. The van der Waals surface area contributed by atoms with Crippen molar-refractivity contribution in [3.8, 4) is 10.6 Å². The lowest BCUT2D eigenvalue weighted by molar-refractivity contribution is 0.262. The van der Waals surface area contributed by atoms with Crippen LogP contribution in [0, 0.1) is 11.7 Å². The third-order valence-corrected chi connectivity index (χ3v) is 4.40. The molecule has 0 unspecified atom stereocenters. The van der Waals surface area contributed by atoms with Gasteiger partial charge in [-0.2, -0.15) is 0 Å². The van der Waals surface area contributed by atoms with Crippen molar-refractivity contribution < 1.29 is 9.18 Å². The second kappa shape index (κ2) is 8.01. The molecule has 0 spiro atoms. The Morgan fingerprint density at radius 3 is 2.62 bits per heavy atom. The molecule has 0 atom stereocenters. The number of aromatic nitrogens is 3. The van der Waals surface area contributed by atoms with Crippen LogP contribution in [0.25, 0.3) is 10.6 Å². The number of nitrogens with zero attached hydrogens (tertiary/aromatic N) is 3. The van der Waals surface area contributed by atoms with E-state index >= 15 is 0 Å². The molecule has 0 aliphatic rings. The molecule has 2 heterocycles. The summed E-state index contributed by atoms with van der Waals surface area (Å²) < 4.78 is 14.1. The highest BCUT2D eigenvalue weighted by Crippen LogP contribution is 2.25. The van der Waals surface area contributed by atoms with Crippen molar-refractivity contribution in [1.29, 1.82) is 0 Å². The standard InChI is InChI=1S/C18H18FN5OS/c1-11(2)9-13-3-4-14(10-15(13)19)21-17(25)22-18-24-23-16(26-18)12-5-7-20-8-6-12/h3-8,10-11H,9H2,1-2H3,(H2,21,22,24,25). The number of pyridine rings is 1. The van der Waals surface area contributed by atoms with Crippen LogP contribution in [-0.2, 0) is 6.42 Å². The summed E-state index contributed by atoms with van der Waals surface area (Å²) in [7, 11) is 0. The Hall–Kier alpha value is -2.87. The quantitative estimate of drug-likeness (QED) is 0.688. The fourth-order valence-electron chi connectivity index (χ4n) is 2.37. The highest BCUT2D eigenvalue weighted by molar-refractivity contribution is 7.18. The van der Waals surface area contributed by atoms with E-state index in [1.807, 2.05) is 26.0 Å². The van der Waals surface area contributed by atoms with Crippen LogP contribution in [0.2, 0.25) is 0 Å². The Balaban J connectivity index is 1.63. The highest BCUT2D eigenvalue weighted by atomic mass is 32.1. The molecule has 2 aromatic heterocycles. The van der Waals surface area contributed by atoms with E-state index in [1.165, 1.54) is 17.4 Å². The van der Waals surface area contributed by atoms with E-state index in [2.05, 4.69) is 25.8 Å². The molecule has 0 bridgehead atoms. The van der Waals surface area contributed by atoms with Crippen molar-refractivity contribution in [3.63, 3.8) is 0 Å². The summed E-state index contributed by atoms with van der Waals surface area (Å²) in [6.07, 6.45) is 3.98. The first kappa shape index (κ1) is 17.9. The zero-order valence-corrected chi connectivity index (χ0v) is 15.2. The maximum absolute atomic E-state index is 14.1. The molecule has 0 aliphatic carbocycles. The molecule has 8 heteroatoms. The van der Waals surface area contributed by atoms with E-state index in [0.29, 0.717) is 33.7 Å². The van der Waals surface area contributed by atoms with E-state index < -0.39 is 6.03 Å². The monoisotopic (exact) mass is 371 g/mol.